The molecule has 2 aromatic carbocycles. The minimum absolute atomic E-state index is 0.0775. The van der Waals surface area contributed by atoms with Gasteiger partial charge in [0.2, 0.25) is 0 Å². The van der Waals surface area contributed by atoms with Gasteiger partial charge in [0.25, 0.3) is 0 Å². The van der Waals surface area contributed by atoms with Crippen LogP contribution in [0.4, 0.5) is 5.69 Å². The van der Waals surface area contributed by atoms with Crippen LogP contribution in [-0.2, 0) is 6.61 Å². The lowest BCUT2D eigenvalue weighted by molar-refractivity contribution is 0.0546. The second-order valence-electron chi connectivity index (χ2n) is 6.45. The predicted molar refractivity (Wildman–Crippen MR) is 97.0 cm³/mol. The lowest BCUT2D eigenvalue weighted by Crippen LogP contribution is -2.51. The van der Waals surface area contributed by atoms with Crippen molar-refractivity contribution in [3.63, 3.8) is 0 Å². The predicted octanol–water partition coefficient (Wildman–Crippen LogP) is 2.42. The molecule has 1 aliphatic rings. The van der Waals surface area contributed by atoms with Crippen LogP contribution in [0.2, 0.25) is 0 Å². The molecule has 1 saturated heterocycles. The van der Waals surface area contributed by atoms with Crippen LogP contribution in [0.25, 0.3) is 0 Å². The van der Waals surface area contributed by atoms with Crippen molar-refractivity contribution in [2.24, 2.45) is 0 Å². The van der Waals surface area contributed by atoms with E-state index in [1.165, 1.54) is 0 Å². The van der Waals surface area contributed by atoms with Gasteiger partial charge in [-0.1, -0.05) is 42.5 Å². The number of piperazine rings is 1. The Kier molecular flexibility index (Phi) is 5.51. The first-order valence-corrected chi connectivity index (χ1v) is 8.61. The van der Waals surface area contributed by atoms with Gasteiger partial charge in [-0.3, -0.25) is 4.90 Å². The van der Waals surface area contributed by atoms with Crippen LogP contribution in [0.5, 0.6) is 0 Å². The number of nitrogens with zero attached hydrogens (tertiary/aromatic N) is 2. The molecule has 0 aromatic heterocycles. The molecule has 4 heteroatoms. The Hall–Kier alpha value is -1.88. The van der Waals surface area contributed by atoms with Gasteiger partial charge in [-0.2, -0.15) is 0 Å². The summed E-state index contributed by atoms with van der Waals surface area (Å²) in [5.41, 5.74) is 3.09. The summed E-state index contributed by atoms with van der Waals surface area (Å²) in [6, 6.07) is 18.1. The molecule has 3 rings (SSSR count). The maximum Gasteiger partial charge on any atom is 0.0942 e. The van der Waals surface area contributed by atoms with E-state index >= 15 is 0 Å². The standard InChI is InChI=1S/C20H26N2O2/c1-16(20(24)18-7-3-2-4-8-18)21-10-12-22(13-11-21)19-9-5-6-17(14-19)15-23/h2-9,14,16,20,23-24H,10-13,15H2,1H3. The fourth-order valence-corrected chi connectivity index (χ4v) is 3.37. The summed E-state index contributed by atoms with van der Waals surface area (Å²) < 4.78 is 0. The molecule has 0 bridgehead atoms. The van der Waals surface area contributed by atoms with Gasteiger partial charge < -0.3 is 15.1 Å². The van der Waals surface area contributed by atoms with Gasteiger partial charge in [-0.15, -0.1) is 0 Å². The van der Waals surface area contributed by atoms with Crippen LogP contribution < -0.4 is 4.90 Å². The normalized spacial score (nSPS) is 18.4. The van der Waals surface area contributed by atoms with Crippen LogP contribution in [0.3, 0.4) is 0 Å². The number of aliphatic hydroxyl groups excluding tert-OH is 2. The molecule has 2 unspecified atom stereocenters. The molecule has 24 heavy (non-hydrogen) atoms. The minimum atomic E-state index is -0.463. The molecule has 2 N–H and O–H groups in total. The third kappa shape index (κ3) is 3.78. The van der Waals surface area contributed by atoms with Crippen LogP contribution in [0, 0.1) is 0 Å². The Morgan fingerprint density at radius 2 is 1.67 bits per heavy atom. The highest BCUT2D eigenvalue weighted by molar-refractivity contribution is 5.49. The first kappa shape index (κ1) is 17.0. The zero-order valence-electron chi connectivity index (χ0n) is 14.2. The van der Waals surface area contributed by atoms with Crippen LogP contribution >= 0.6 is 0 Å². The van der Waals surface area contributed by atoms with Crippen molar-refractivity contribution in [3.05, 3.63) is 65.7 Å². The first-order chi connectivity index (χ1) is 11.7. The zero-order valence-corrected chi connectivity index (χ0v) is 14.2. The Bertz CT molecular complexity index is 639. The van der Waals surface area contributed by atoms with E-state index in [1.807, 2.05) is 42.5 Å². The van der Waals surface area contributed by atoms with Crippen molar-refractivity contribution in [3.8, 4) is 0 Å². The number of aliphatic hydroxyl groups is 2. The molecular weight excluding hydrogens is 300 g/mol. The van der Waals surface area contributed by atoms with E-state index in [0.29, 0.717) is 0 Å². The second-order valence-corrected chi connectivity index (χ2v) is 6.45. The van der Waals surface area contributed by atoms with Gasteiger partial charge >= 0.3 is 0 Å². The maximum absolute atomic E-state index is 10.6. The Morgan fingerprint density at radius 3 is 2.33 bits per heavy atom. The summed E-state index contributed by atoms with van der Waals surface area (Å²) in [6.07, 6.45) is -0.463. The fraction of sp³-hybridized carbons (Fsp3) is 0.400. The summed E-state index contributed by atoms with van der Waals surface area (Å²) in [4.78, 5) is 4.70. The third-order valence-corrected chi connectivity index (χ3v) is 4.95. The van der Waals surface area contributed by atoms with E-state index in [1.54, 1.807) is 0 Å². The maximum atomic E-state index is 10.6. The van der Waals surface area contributed by atoms with Gasteiger partial charge in [0.15, 0.2) is 0 Å². The smallest absolute Gasteiger partial charge is 0.0942 e. The Morgan fingerprint density at radius 1 is 0.958 bits per heavy atom. The summed E-state index contributed by atoms with van der Waals surface area (Å²) in [5, 5.41) is 19.9. The first-order valence-electron chi connectivity index (χ1n) is 8.61. The van der Waals surface area contributed by atoms with Crippen molar-refractivity contribution >= 4 is 5.69 Å². The number of hydrogen-bond donors (Lipinski definition) is 2. The summed E-state index contributed by atoms with van der Waals surface area (Å²) >= 11 is 0. The van der Waals surface area contributed by atoms with E-state index in [2.05, 4.69) is 28.9 Å². The molecule has 1 fully saturated rings. The highest BCUT2D eigenvalue weighted by Crippen LogP contribution is 2.24. The molecule has 0 amide bonds. The summed E-state index contributed by atoms with van der Waals surface area (Å²) in [6.45, 7) is 5.89. The van der Waals surface area contributed by atoms with Crippen LogP contribution in [0.1, 0.15) is 24.2 Å². The van der Waals surface area contributed by atoms with Crippen molar-refractivity contribution in [1.29, 1.82) is 0 Å². The van der Waals surface area contributed by atoms with E-state index in [9.17, 15) is 10.2 Å². The molecule has 0 spiro atoms. The molecule has 1 aliphatic heterocycles. The second kappa shape index (κ2) is 7.79. The number of hydrogen-bond acceptors (Lipinski definition) is 4. The van der Waals surface area contributed by atoms with Crippen molar-refractivity contribution in [2.45, 2.75) is 25.7 Å². The fourth-order valence-electron chi connectivity index (χ4n) is 3.37. The summed E-state index contributed by atoms with van der Waals surface area (Å²) in [5.74, 6) is 0. The Labute approximate surface area is 144 Å². The van der Waals surface area contributed by atoms with Gasteiger partial charge in [0.05, 0.1) is 12.7 Å². The van der Waals surface area contributed by atoms with Crippen LogP contribution in [-0.4, -0.2) is 47.3 Å². The third-order valence-electron chi connectivity index (χ3n) is 4.95. The molecule has 0 aliphatic carbocycles. The number of rotatable bonds is 5. The quantitative estimate of drug-likeness (QED) is 0.886. The highest BCUT2D eigenvalue weighted by Gasteiger charge is 2.26. The monoisotopic (exact) mass is 326 g/mol. The van der Waals surface area contributed by atoms with Gasteiger partial charge in [-0.05, 0) is 30.2 Å². The van der Waals surface area contributed by atoms with Crippen molar-refractivity contribution in [1.82, 2.24) is 4.90 Å². The molecule has 2 atom stereocenters. The lowest BCUT2D eigenvalue weighted by Gasteiger charge is -2.40. The minimum Gasteiger partial charge on any atom is -0.392 e. The van der Waals surface area contributed by atoms with Gasteiger partial charge in [-0.25, -0.2) is 0 Å². The lowest BCUT2D eigenvalue weighted by atomic mass is 10.0. The average molecular weight is 326 g/mol. The SMILES string of the molecule is CC(C(O)c1ccccc1)N1CCN(c2cccc(CO)c2)CC1. The highest BCUT2D eigenvalue weighted by atomic mass is 16.3. The average Bonchev–Trinajstić information content (AvgIpc) is 2.67. The number of benzene rings is 2. The summed E-state index contributed by atoms with van der Waals surface area (Å²) in [7, 11) is 0. The largest absolute Gasteiger partial charge is 0.392 e. The number of anilines is 1. The Balaban J connectivity index is 1.60. The van der Waals surface area contributed by atoms with Crippen molar-refractivity contribution < 1.29 is 10.2 Å². The molecule has 128 valence electrons. The van der Waals surface area contributed by atoms with E-state index in [0.717, 1.165) is 43.0 Å². The van der Waals surface area contributed by atoms with Crippen LogP contribution in [0.15, 0.2) is 54.6 Å². The van der Waals surface area contributed by atoms with E-state index < -0.39 is 6.10 Å². The molecule has 0 saturated carbocycles. The molecule has 2 aromatic rings. The molecular formula is C20H26N2O2. The van der Waals surface area contributed by atoms with Gasteiger partial charge in [0, 0.05) is 37.9 Å². The van der Waals surface area contributed by atoms with Gasteiger partial charge in [0.1, 0.15) is 0 Å². The van der Waals surface area contributed by atoms with E-state index in [4.69, 9.17) is 0 Å². The molecule has 4 nitrogen and oxygen atoms in total. The van der Waals surface area contributed by atoms with Crippen molar-refractivity contribution in [2.75, 3.05) is 31.1 Å². The molecule has 0 radical (unpaired) electrons. The van der Waals surface area contributed by atoms with E-state index in [-0.39, 0.29) is 12.6 Å². The zero-order chi connectivity index (χ0) is 16.9. The molecule has 1 heterocycles. The topological polar surface area (TPSA) is 46.9 Å².